The smallest absolute Gasteiger partial charge is 0.292 e. The third kappa shape index (κ3) is 4.79. The van der Waals surface area contributed by atoms with Crippen molar-refractivity contribution in [3.8, 4) is 0 Å². The van der Waals surface area contributed by atoms with Gasteiger partial charge in [0.15, 0.2) is 0 Å². The predicted octanol–water partition coefficient (Wildman–Crippen LogP) is 3.14. The minimum Gasteiger partial charge on any atom is -0.379 e. The van der Waals surface area contributed by atoms with Crippen molar-refractivity contribution in [2.24, 2.45) is 0 Å². The van der Waals surface area contributed by atoms with Crippen molar-refractivity contribution < 1.29 is 18.8 Å². The Morgan fingerprint density at radius 2 is 2.00 bits per heavy atom. The van der Waals surface area contributed by atoms with E-state index in [-0.39, 0.29) is 29.9 Å². The molecule has 2 aromatic rings. The van der Waals surface area contributed by atoms with Crippen LogP contribution < -0.4 is 5.32 Å². The van der Waals surface area contributed by atoms with Gasteiger partial charge in [-0.25, -0.2) is 4.39 Å². The molecule has 1 aliphatic heterocycles. The van der Waals surface area contributed by atoms with E-state index in [0.717, 1.165) is 5.56 Å². The maximum Gasteiger partial charge on any atom is 0.292 e. The largest absolute Gasteiger partial charge is 0.379 e. The summed E-state index contributed by atoms with van der Waals surface area (Å²) in [6, 6.07) is 12.4. The summed E-state index contributed by atoms with van der Waals surface area (Å²) in [6.07, 6.45) is -0.0752. The van der Waals surface area contributed by atoms with Crippen LogP contribution in [-0.4, -0.2) is 42.0 Å². The number of nitro benzene ring substituents is 1. The summed E-state index contributed by atoms with van der Waals surface area (Å²) in [5.41, 5.74) is 1.20. The third-order valence-electron chi connectivity index (χ3n) is 4.42. The van der Waals surface area contributed by atoms with Gasteiger partial charge in [0.2, 0.25) is 5.91 Å². The summed E-state index contributed by atoms with van der Waals surface area (Å²) < 4.78 is 18.8. The highest BCUT2D eigenvalue weighted by Crippen LogP contribution is 2.24. The van der Waals surface area contributed by atoms with Gasteiger partial charge >= 0.3 is 0 Å². The van der Waals surface area contributed by atoms with Gasteiger partial charge < -0.3 is 15.0 Å². The molecule has 7 nitrogen and oxygen atoms in total. The van der Waals surface area contributed by atoms with Crippen molar-refractivity contribution in [3.63, 3.8) is 0 Å². The molecular weight excluding hydrogens is 353 g/mol. The third-order valence-corrected chi connectivity index (χ3v) is 4.42. The summed E-state index contributed by atoms with van der Waals surface area (Å²) in [7, 11) is 0. The lowest BCUT2D eigenvalue weighted by molar-refractivity contribution is -0.384. The number of halogens is 1. The number of para-hydroxylation sites is 2. The van der Waals surface area contributed by atoms with Crippen LogP contribution in [0.2, 0.25) is 0 Å². The van der Waals surface area contributed by atoms with E-state index < -0.39 is 4.92 Å². The maximum atomic E-state index is 13.1. The number of hydrogen-bond acceptors (Lipinski definition) is 5. The van der Waals surface area contributed by atoms with Gasteiger partial charge in [-0.1, -0.05) is 24.3 Å². The number of rotatable bonds is 6. The molecule has 8 heteroatoms. The highest BCUT2D eigenvalue weighted by Gasteiger charge is 2.25. The molecule has 1 amide bonds. The first-order chi connectivity index (χ1) is 13.0. The fourth-order valence-corrected chi connectivity index (χ4v) is 3.00. The lowest BCUT2D eigenvalue weighted by Crippen LogP contribution is -2.42. The minimum atomic E-state index is -0.459. The van der Waals surface area contributed by atoms with Crippen LogP contribution in [0, 0.1) is 15.9 Å². The first-order valence-corrected chi connectivity index (χ1v) is 8.67. The van der Waals surface area contributed by atoms with Gasteiger partial charge in [-0.2, -0.15) is 0 Å². The Balaban J connectivity index is 1.53. The van der Waals surface area contributed by atoms with E-state index in [1.54, 1.807) is 35.2 Å². The Bertz CT molecular complexity index is 813. The van der Waals surface area contributed by atoms with Crippen LogP contribution in [0.3, 0.4) is 0 Å². The Hall–Kier alpha value is -3.00. The quantitative estimate of drug-likeness (QED) is 0.621. The number of nitrogens with one attached hydrogen (secondary N) is 1. The molecule has 0 aromatic heterocycles. The van der Waals surface area contributed by atoms with E-state index in [2.05, 4.69) is 5.32 Å². The average Bonchev–Trinajstić information content (AvgIpc) is 2.69. The second kappa shape index (κ2) is 8.59. The van der Waals surface area contributed by atoms with E-state index in [1.165, 1.54) is 18.2 Å². The lowest BCUT2D eigenvalue weighted by atomic mass is 10.1. The molecule has 1 heterocycles. The Morgan fingerprint density at radius 3 is 2.74 bits per heavy atom. The zero-order valence-electron chi connectivity index (χ0n) is 14.6. The van der Waals surface area contributed by atoms with Crippen LogP contribution in [0.1, 0.15) is 18.1 Å². The molecule has 1 fully saturated rings. The first kappa shape index (κ1) is 18.8. The molecule has 0 radical (unpaired) electrons. The lowest BCUT2D eigenvalue weighted by Gasteiger charge is -2.33. The molecule has 2 aromatic carbocycles. The molecule has 3 rings (SSSR count). The zero-order valence-corrected chi connectivity index (χ0v) is 14.6. The number of ether oxygens (including phenoxy) is 1. The number of nitro groups is 1. The van der Waals surface area contributed by atoms with Gasteiger partial charge in [0, 0.05) is 25.6 Å². The molecule has 1 saturated heterocycles. The molecule has 27 heavy (non-hydrogen) atoms. The van der Waals surface area contributed by atoms with Crippen LogP contribution in [0.5, 0.6) is 0 Å². The molecule has 142 valence electrons. The summed E-state index contributed by atoms with van der Waals surface area (Å²) in [4.78, 5) is 24.7. The SMILES string of the molecule is O=C(CCNc1ccccc1[N+](=O)[O-])N1CCOC(c2ccc(F)cc2)C1. The zero-order chi connectivity index (χ0) is 19.2. The molecule has 0 bridgehead atoms. The Morgan fingerprint density at radius 1 is 1.26 bits per heavy atom. The van der Waals surface area contributed by atoms with Crippen LogP contribution >= 0.6 is 0 Å². The predicted molar refractivity (Wildman–Crippen MR) is 97.9 cm³/mol. The summed E-state index contributed by atoms with van der Waals surface area (Å²) >= 11 is 0. The van der Waals surface area contributed by atoms with Gasteiger partial charge in [0.05, 0.1) is 18.1 Å². The summed E-state index contributed by atoms with van der Waals surface area (Å²) in [6.45, 7) is 1.59. The van der Waals surface area contributed by atoms with E-state index in [1.807, 2.05) is 0 Å². The van der Waals surface area contributed by atoms with Crippen molar-refractivity contribution in [3.05, 3.63) is 70.0 Å². The minimum absolute atomic E-state index is 0.0207. The number of anilines is 1. The van der Waals surface area contributed by atoms with Crippen LogP contribution in [0.4, 0.5) is 15.8 Å². The van der Waals surface area contributed by atoms with Crippen molar-refractivity contribution >= 4 is 17.3 Å². The number of morpholine rings is 1. The van der Waals surface area contributed by atoms with Gasteiger partial charge in [-0.05, 0) is 23.8 Å². The van der Waals surface area contributed by atoms with Crippen LogP contribution in [-0.2, 0) is 9.53 Å². The summed E-state index contributed by atoms with van der Waals surface area (Å²) in [5.74, 6) is -0.375. The highest BCUT2D eigenvalue weighted by atomic mass is 19.1. The van der Waals surface area contributed by atoms with Crippen molar-refractivity contribution in [2.45, 2.75) is 12.5 Å². The van der Waals surface area contributed by atoms with Crippen molar-refractivity contribution in [2.75, 3.05) is 31.6 Å². The molecule has 1 N–H and O–H groups in total. The first-order valence-electron chi connectivity index (χ1n) is 8.67. The maximum absolute atomic E-state index is 13.1. The Kier molecular flexibility index (Phi) is 5.97. The molecule has 0 saturated carbocycles. The van der Waals surface area contributed by atoms with Crippen molar-refractivity contribution in [1.82, 2.24) is 4.90 Å². The second-order valence-electron chi connectivity index (χ2n) is 6.20. The monoisotopic (exact) mass is 373 g/mol. The number of amides is 1. The van der Waals surface area contributed by atoms with E-state index in [9.17, 15) is 19.3 Å². The number of carbonyl (C=O) groups excluding carboxylic acids is 1. The molecular formula is C19H20FN3O4. The van der Waals surface area contributed by atoms with Crippen LogP contribution in [0.15, 0.2) is 48.5 Å². The van der Waals surface area contributed by atoms with Gasteiger partial charge in [0.1, 0.15) is 17.6 Å². The van der Waals surface area contributed by atoms with Crippen molar-refractivity contribution in [1.29, 1.82) is 0 Å². The molecule has 0 aliphatic carbocycles. The number of hydrogen-bond donors (Lipinski definition) is 1. The normalized spacial score (nSPS) is 16.8. The van der Waals surface area contributed by atoms with Gasteiger partial charge in [-0.15, -0.1) is 0 Å². The topological polar surface area (TPSA) is 84.7 Å². The Labute approximate surface area is 155 Å². The van der Waals surface area contributed by atoms with E-state index >= 15 is 0 Å². The second-order valence-corrected chi connectivity index (χ2v) is 6.20. The number of nitrogens with zero attached hydrogens (tertiary/aromatic N) is 2. The molecule has 1 aliphatic rings. The number of carbonyl (C=O) groups is 1. The number of benzene rings is 2. The fraction of sp³-hybridized carbons (Fsp3) is 0.316. The molecule has 0 spiro atoms. The van der Waals surface area contributed by atoms with Gasteiger partial charge in [-0.3, -0.25) is 14.9 Å². The average molecular weight is 373 g/mol. The van der Waals surface area contributed by atoms with Gasteiger partial charge in [0.25, 0.3) is 5.69 Å². The van der Waals surface area contributed by atoms with E-state index in [4.69, 9.17) is 4.74 Å². The molecule has 1 unspecified atom stereocenters. The highest BCUT2D eigenvalue weighted by molar-refractivity contribution is 5.77. The molecule has 1 atom stereocenters. The van der Waals surface area contributed by atoms with E-state index in [0.29, 0.717) is 31.9 Å². The standard InChI is InChI=1S/C19H20FN3O4/c20-15-7-5-14(6-8-15)18-13-22(11-12-27-18)19(24)9-10-21-16-3-1-2-4-17(16)23(25)26/h1-8,18,21H,9-13H2. The van der Waals surface area contributed by atoms with Crippen LogP contribution in [0.25, 0.3) is 0 Å². The summed E-state index contributed by atoms with van der Waals surface area (Å²) in [5, 5.41) is 14.0. The fourth-order valence-electron chi connectivity index (χ4n) is 3.00.